The fourth-order valence-electron chi connectivity index (χ4n) is 3.29. The lowest BCUT2D eigenvalue weighted by Crippen LogP contribution is -2.37. The summed E-state index contributed by atoms with van der Waals surface area (Å²) in [6.07, 6.45) is 6.36. The van der Waals surface area contributed by atoms with E-state index in [1.54, 1.807) is 0 Å². The molecule has 1 aliphatic carbocycles. The van der Waals surface area contributed by atoms with E-state index >= 15 is 0 Å². The molecule has 0 amide bonds. The molecule has 1 aromatic carbocycles. The van der Waals surface area contributed by atoms with E-state index in [0.29, 0.717) is 12.0 Å². The summed E-state index contributed by atoms with van der Waals surface area (Å²) in [6, 6.07) is 7.20. The summed E-state index contributed by atoms with van der Waals surface area (Å²) in [5, 5.41) is 0. The van der Waals surface area contributed by atoms with Gasteiger partial charge in [0.05, 0.1) is 0 Å². The van der Waals surface area contributed by atoms with Crippen molar-refractivity contribution >= 4 is 0 Å². The SMILES string of the molecule is CCC1CCC(N)C(Cc2cc(C)ccc2C)C1. The molecule has 0 saturated heterocycles. The third kappa shape index (κ3) is 3.14. The molecule has 0 heterocycles. The van der Waals surface area contributed by atoms with Crippen LogP contribution in [0.4, 0.5) is 0 Å². The first-order valence-corrected chi connectivity index (χ1v) is 7.41. The molecule has 1 saturated carbocycles. The Bertz CT molecular complexity index is 397. The maximum atomic E-state index is 6.33. The molecule has 1 fully saturated rings. The predicted molar refractivity (Wildman–Crippen MR) is 78.7 cm³/mol. The fraction of sp³-hybridized carbons (Fsp3) is 0.647. The van der Waals surface area contributed by atoms with Crippen molar-refractivity contribution in [1.29, 1.82) is 0 Å². The van der Waals surface area contributed by atoms with E-state index in [9.17, 15) is 0 Å². The predicted octanol–water partition coefficient (Wildman–Crippen LogP) is 4.00. The van der Waals surface area contributed by atoms with Gasteiger partial charge in [0, 0.05) is 6.04 Å². The first-order chi connectivity index (χ1) is 8.60. The normalized spacial score (nSPS) is 28.3. The molecule has 1 heteroatoms. The van der Waals surface area contributed by atoms with Gasteiger partial charge in [-0.05, 0) is 62.5 Å². The summed E-state index contributed by atoms with van der Waals surface area (Å²) in [4.78, 5) is 0. The Morgan fingerprint density at radius 1 is 1.22 bits per heavy atom. The third-order valence-corrected chi connectivity index (χ3v) is 4.71. The Balaban J connectivity index is 2.09. The van der Waals surface area contributed by atoms with Crippen LogP contribution in [0.2, 0.25) is 0 Å². The fourth-order valence-corrected chi connectivity index (χ4v) is 3.29. The molecule has 2 N–H and O–H groups in total. The average molecular weight is 245 g/mol. The van der Waals surface area contributed by atoms with Crippen molar-refractivity contribution in [2.45, 2.75) is 58.9 Å². The lowest BCUT2D eigenvalue weighted by Gasteiger charge is -2.34. The minimum Gasteiger partial charge on any atom is -0.327 e. The summed E-state index contributed by atoms with van der Waals surface area (Å²) in [5.41, 5.74) is 10.6. The molecule has 1 aromatic rings. The smallest absolute Gasteiger partial charge is 0.00705 e. The largest absolute Gasteiger partial charge is 0.327 e. The molecule has 0 bridgehead atoms. The van der Waals surface area contributed by atoms with Crippen LogP contribution in [0.25, 0.3) is 0 Å². The Morgan fingerprint density at radius 3 is 2.72 bits per heavy atom. The lowest BCUT2D eigenvalue weighted by molar-refractivity contribution is 0.227. The van der Waals surface area contributed by atoms with E-state index in [1.807, 2.05) is 0 Å². The van der Waals surface area contributed by atoms with Gasteiger partial charge in [-0.15, -0.1) is 0 Å². The van der Waals surface area contributed by atoms with Crippen LogP contribution in [0.3, 0.4) is 0 Å². The molecular weight excluding hydrogens is 218 g/mol. The number of benzene rings is 1. The topological polar surface area (TPSA) is 26.0 Å². The standard InChI is InChI=1S/C17H27N/c1-4-14-7-8-17(18)16(10-14)11-15-9-12(2)5-6-13(15)3/h5-6,9,14,16-17H,4,7-8,10-11,18H2,1-3H3. The van der Waals surface area contributed by atoms with E-state index in [0.717, 1.165) is 5.92 Å². The summed E-state index contributed by atoms with van der Waals surface area (Å²) in [5.74, 6) is 1.59. The molecule has 0 aliphatic heterocycles. The number of hydrogen-bond donors (Lipinski definition) is 1. The van der Waals surface area contributed by atoms with Crippen LogP contribution in [-0.4, -0.2) is 6.04 Å². The van der Waals surface area contributed by atoms with Crippen molar-refractivity contribution in [2.75, 3.05) is 0 Å². The van der Waals surface area contributed by atoms with E-state index in [-0.39, 0.29) is 0 Å². The summed E-state index contributed by atoms with van der Waals surface area (Å²) in [7, 11) is 0. The van der Waals surface area contributed by atoms with Gasteiger partial charge in [0.25, 0.3) is 0 Å². The lowest BCUT2D eigenvalue weighted by atomic mass is 9.74. The van der Waals surface area contributed by atoms with Crippen molar-refractivity contribution in [3.05, 3.63) is 34.9 Å². The highest BCUT2D eigenvalue weighted by Crippen LogP contribution is 2.33. The van der Waals surface area contributed by atoms with Gasteiger partial charge in [0.1, 0.15) is 0 Å². The van der Waals surface area contributed by atoms with Crippen LogP contribution in [0, 0.1) is 25.7 Å². The Morgan fingerprint density at radius 2 is 2.00 bits per heavy atom. The highest BCUT2D eigenvalue weighted by molar-refractivity contribution is 5.31. The van der Waals surface area contributed by atoms with Gasteiger partial charge in [-0.2, -0.15) is 0 Å². The van der Waals surface area contributed by atoms with Gasteiger partial charge in [0.15, 0.2) is 0 Å². The van der Waals surface area contributed by atoms with E-state index in [2.05, 4.69) is 39.0 Å². The van der Waals surface area contributed by atoms with Crippen molar-refractivity contribution < 1.29 is 0 Å². The zero-order valence-corrected chi connectivity index (χ0v) is 12.1. The van der Waals surface area contributed by atoms with Crippen molar-refractivity contribution in [2.24, 2.45) is 17.6 Å². The number of nitrogens with two attached hydrogens (primary N) is 1. The van der Waals surface area contributed by atoms with Crippen molar-refractivity contribution in [1.82, 2.24) is 0 Å². The minimum absolute atomic E-state index is 0.410. The molecule has 100 valence electrons. The molecule has 3 atom stereocenters. The van der Waals surface area contributed by atoms with Gasteiger partial charge in [-0.25, -0.2) is 0 Å². The zero-order chi connectivity index (χ0) is 13.1. The highest BCUT2D eigenvalue weighted by atomic mass is 14.7. The van der Waals surface area contributed by atoms with Crippen LogP contribution in [0.15, 0.2) is 18.2 Å². The second-order valence-corrected chi connectivity index (χ2v) is 6.15. The first kappa shape index (κ1) is 13.6. The van der Waals surface area contributed by atoms with Gasteiger partial charge >= 0.3 is 0 Å². The monoisotopic (exact) mass is 245 g/mol. The van der Waals surface area contributed by atoms with Gasteiger partial charge in [0.2, 0.25) is 0 Å². The molecule has 18 heavy (non-hydrogen) atoms. The van der Waals surface area contributed by atoms with Crippen molar-refractivity contribution in [3.8, 4) is 0 Å². The molecule has 0 spiro atoms. The van der Waals surface area contributed by atoms with E-state index in [1.165, 1.54) is 48.8 Å². The zero-order valence-electron chi connectivity index (χ0n) is 12.1. The van der Waals surface area contributed by atoms with Crippen LogP contribution in [0.1, 0.15) is 49.3 Å². The summed E-state index contributed by atoms with van der Waals surface area (Å²) in [6.45, 7) is 6.72. The average Bonchev–Trinajstić information content (AvgIpc) is 2.36. The number of rotatable bonds is 3. The maximum Gasteiger partial charge on any atom is 0.00705 e. The Labute approximate surface area is 112 Å². The molecule has 0 aromatic heterocycles. The van der Waals surface area contributed by atoms with E-state index in [4.69, 9.17) is 5.73 Å². The molecule has 1 nitrogen and oxygen atoms in total. The van der Waals surface area contributed by atoms with Crippen LogP contribution < -0.4 is 5.73 Å². The second-order valence-electron chi connectivity index (χ2n) is 6.15. The van der Waals surface area contributed by atoms with Gasteiger partial charge < -0.3 is 5.73 Å². The van der Waals surface area contributed by atoms with Crippen LogP contribution in [0.5, 0.6) is 0 Å². The van der Waals surface area contributed by atoms with Gasteiger partial charge in [-0.1, -0.05) is 37.1 Å². The Kier molecular flexibility index (Phi) is 4.45. The summed E-state index contributed by atoms with van der Waals surface area (Å²) < 4.78 is 0. The first-order valence-electron chi connectivity index (χ1n) is 7.41. The molecule has 1 aliphatic rings. The quantitative estimate of drug-likeness (QED) is 0.856. The minimum atomic E-state index is 0.410. The van der Waals surface area contributed by atoms with E-state index < -0.39 is 0 Å². The number of aryl methyl sites for hydroxylation is 2. The van der Waals surface area contributed by atoms with Crippen LogP contribution >= 0.6 is 0 Å². The molecular formula is C17H27N. The second kappa shape index (κ2) is 5.88. The van der Waals surface area contributed by atoms with Crippen molar-refractivity contribution in [3.63, 3.8) is 0 Å². The number of hydrogen-bond acceptors (Lipinski definition) is 1. The summed E-state index contributed by atoms with van der Waals surface area (Å²) >= 11 is 0. The molecule has 2 rings (SSSR count). The Hall–Kier alpha value is -0.820. The van der Waals surface area contributed by atoms with Gasteiger partial charge in [-0.3, -0.25) is 0 Å². The highest BCUT2D eigenvalue weighted by Gasteiger charge is 2.27. The molecule has 0 radical (unpaired) electrons. The maximum absolute atomic E-state index is 6.33. The third-order valence-electron chi connectivity index (χ3n) is 4.71. The van der Waals surface area contributed by atoms with Crippen LogP contribution in [-0.2, 0) is 6.42 Å². The molecule has 3 unspecified atom stereocenters.